The summed E-state index contributed by atoms with van der Waals surface area (Å²) < 4.78 is 4.81. The van der Waals surface area contributed by atoms with Crippen LogP contribution >= 0.6 is 0 Å². The second kappa shape index (κ2) is 6.44. The van der Waals surface area contributed by atoms with E-state index in [0.29, 0.717) is 5.56 Å². The van der Waals surface area contributed by atoms with Gasteiger partial charge in [-0.15, -0.1) is 0 Å². The van der Waals surface area contributed by atoms with Crippen molar-refractivity contribution in [1.82, 2.24) is 0 Å². The van der Waals surface area contributed by atoms with Crippen LogP contribution in [0.15, 0.2) is 42.5 Å². The smallest absolute Gasteiger partial charge is 0.338 e. The van der Waals surface area contributed by atoms with Crippen molar-refractivity contribution in [3.05, 3.63) is 64.7 Å². The molecule has 0 saturated heterocycles. The molecular weight excluding hydrogens is 262 g/mol. The van der Waals surface area contributed by atoms with Crippen molar-refractivity contribution in [3.8, 4) is 0 Å². The lowest BCUT2D eigenvalue weighted by Crippen LogP contribution is -2.10. The number of hydrogen-bond acceptors (Lipinski definition) is 3. The minimum atomic E-state index is -0.306. The Labute approximate surface area is 126 Å². The average Bonchev–Trinajstić information content (AvgIpc) is 2.49. The highest BCUT2D eigenvalue weighted by Gasteiger charge is 2.13. The molecule has 1 atom stereocenters. The minimum absolute atomic E-state index is 0.164. The van der Waals surface area contributed by atoms with E-state index in [1.54, 1.807) is 6.07 Å². The van der Waals surface area contributed by atoms with E-state index in [4.69, 9.17) is 4.74 Å². The fraction of sp³-hybridized carbons (Fsp3) is 0.278. The van der Waals surface area contributed by atoms with Crippen LogP contribution in [0.2, 0.25) is 0 Å². The van der Waals surface area contributed by atoms with Crippen LogP contribution in [0.4, 0.5) is 5.69 Å². The zero-order valence-corrected chi connectivity index (χ0v) is 12.9. The molecule has 2 aromatic rings. The molecule has 110 valence electrons. The van der Waals surface area contributed by atoms with Crippen molar-refractivity contribution in [1.29, 1.82) is 0 Å². The predicted octanol–water partition coefficient (Wildman–Crippen LogP) is 4.26. The highest BCUT2D eigenvalue weighted by molar-refractivity contribution is 5.92. The largest absolute Gasteiger partial charge is 0.465 e. The predicted molar refractivity (Wildman–Crippen MR) is 85.7 cm³/mol. The van der Waals surface area contributed by atoms with Crippen LogP contribution in [0, 0.1) is 13.8 Å². The molecule has 2 rings (SSSR count). The number of esters is 1. The van der Waals surface area contributed by atoms with Gasteiger partial charge in [-0.25, -0.2) is 4.79 Å². The van der Waals surface area contributed by atoms with E-state index in [1.807, 2.05) is 19.1 Å². The minimum Gasteiger partial charge on any atom is -0.465 e. The summed E-state index contributed by atoms with van der Waals surface area (Å²) in [7, 11) is 1.40. The maximum Gasteiger partial charge on any atom is 0.338 e. The van der Waals surface area contributed by atoms with E-state index < -0.39 is 0 Å². The first-order valence-corrected chi connectivity index (χ1v) is 7.04. The molecule has 0 radical (unpaired) electrons. The molecule has 21 heavy (non-hydrogen) atoms. The quantitative estimate of drug-likeness (QED) is 0.852. The van der Waals surface area contributed by atoms with Gasteiger partial charge in [0.2, 0.25) is 0 Å². The maximum atomic E-state index is 11.7. The number of methoxy groups -OCH3 is 1. The Balaban J connectivity index is 2.23. The lowest BCUT2D eigenvalue weighted by molar-refractivity contribution is 0.0600. The fourth-order valence-electron chi connectivity index (χ4n) is 2.29. The van der Waals surface area contributed by atoms with Crippen molar-refractivity contribution in [2.24, 2.45) is 0 Å². The number of anilines is 1. The molecule has 0 aliphatic heterocycles. The van der Waals surface area contributed by atoms with Gasteiger partial charge in [-0.2, -0.15) is 0 Å². The van der Waals surface area contributed by atoms with Crippen LogP contribution in [-0.2, 0) is 4.74 Å². The number of benzene rings is 2. The Kier molecular flexibility index (Phi) is 4.63. The molecule has 1 unspecified atom stereocenters. The van der Waals surface area contributed by atoms with E-state index in [2.05, 4.69) is 43.4 Å². The Morgan fingerprint density at radius 1 is 1.10 bits per heavy atom. The first-order chi connectivity index (χ1) is 10.0. The molecule has 0 saturated carbocycles. The standard InChI is InChI=1S/C18H21NO2/c1-12-8-10-15(11-9-12)14(3)19-17-7-5-6-16(13(17)2)18(20)21-4/h5-11,14,19H,1-4H3. The number of aryl methyl sites for hydroxylation is 1. The van der Waals surface area contributed by atoms with Crippen molar-refractivity contribution < 1.29 is 9.53 Å². The lowest BCUT2D eigenvalue weighted by Gasteiger charge is -2.18. The summed E-state index contributed by atoms with van der Waals surface area (Å²) in [6.45, 7) is 6.11. The average molecular weight is 283 g/mol. The summed E-state index contributed by atoms with van der Waals surface area (Å²) in [5.41, 5.74) is 4.91. The zero-order chi connectivity index (χ0) is 15.4. The summed E-state index contributed by atoms with van der Waals surface area (Å²) >= 11 is 0. The van der Waals surface area contributed by atoms with Crippen LogP contribution in [0.25, 0.3) is 0 Å². The molecule has 0 fully saturated rings. The van der Waals surface area contributed by atoms with Crippen molar-refractivity contribution >= 4 is 11.7 Å². The summed E-state index contributed by atoms with van der Waals surface area (Å²) in [5.74, 6) is -0.306. The zero-order valence-electron chi connectivity index (χ0n) is 12.9. The van der Waals surface area contributed by atoms with Gasteiger partial charge in [-0.3, -0.25) is 0 Å². The molecule has 0 bridgehead atoms. The van der Waals surface area contributed by atoms with Crippen LogP contribution in [0.5, 0.6) is 0 Å². The maximum absolute atomic E-state index is 11.7. The summed E-state index contributed by atoms with van der Waals surface area (Å²) in [5, 5.41) is 3.46. The number of nitrogens with one attached hydrogen (secondary N) is 1. The first-order valence-electron chi connectivity index (χ1n) is 7.04. The second-order valence-electron chi connectivity index (χ2n) is 5.25. The van der Waals surface area contributed by atoms with Crippen LogP contribution in [0.1, 0.15) is 40.0 Å². The van der Waals surface area contributed by atoms with Gasteiger partial charge in [0.05, 0.1) is 12.7 Å². The van der Waals surface area contributed by atoms with E-state index in [0.717, 1.165) is 11.3 Å². The summed E-state index contributed by atoms with van der Waals surface area (Å²) in [4.78, 5) is 11.7. The number of rotatable bonds is 4. The van der Waals surface area contributed by atoms with Gasteiger partial charge in [0.1, 0.15) is 0 Å². The van der Waals surface area contributed by atoms with Gasteiger partial charge < -0.3 is 10.1 Å². The molecule has 0 heterocycles. The third-order valence-corrected chi connectivity index (χ3v) is 3.69. The number of hydrogen-bond donors (Lipinski definition) is 1. The molecule has 0 aromatic heterocycles. The Bertz CT molecular complexity index is 632. The van der Waals surface area contributed by atoms with E-state index in [-0.39, 0.29) is 12.0 Å². The number of ether oxygens (including phenoxy) is 1. The fourth-order valence-corrected chi connectivity index (χ4v) is 2.29. The van der Waals surface area contributed by atoms with E-state index in [1.165, 1.54) is 18.2 Å². The van der Waals surface area contributed by atoms with Crippen molar-refractivity contribution in [2.45, 2.75) is 26.8 Å². The molecule has 0 spiro atoms. The first kappa shape index (κ1) is 15.1. The molecule has 3 heteroatoms. The van der Waals surface area contributed by atoms with Crippen LogP contribution < -0.4 is 5.32 Å². The highest BCUT2D eigenvalue weighted by atomic mass is 16.5. The molecule has 3 nitrogen and oxygen atoms in total. The Morgan fingerprint density at radius 2 is 1.76 bits per heavy atom. The Morgan fingerprint density at radius 3 is 2.38 bits per heavy atom. The van der Waals surface area contributed by atoms with Gasteiger partial charge in [0.25, 0.3) is 0 Å². The van der Waals surface area contributed by atoms with Gasteiger partial charge >= 0.3 is 5.97 Å². The highest BCUT2D eigenvalue weighted by Crippen LogP contribution is 2.25. The Hall–Kier alpha value is -2.29. The van der Waals surface area contributed by atoms with Crippen molar-refractivity contribution in [2.75, 3.05) is 12.4 Å². The number of carbonyl (C=O) groups is 1. The SMILES string of the molecule is COC(=O)c1cccc(NC(C)c2ccc(C)cc2)c1C. The van der Waals surface area contributed by atoms with Gasteiger partial charge in [0, 0.05) is 11.7 Å². The second-order valence-corrected chi connectivity index (χ2v) is 5.25. The van der Waals surface area contributed by atoms with E-state index in [9.17, 15) is 4.79 Å². The van der Waals surface area contributed by atoms with E-state index >= 15 is 0 Å². The monoisotopic (exact) mass is 283 g/mol. The normalized spacial score (nSPS) is 11.8. The van der Waals surface area contributed by atoms with Crippen molar-refractivity contribution in [3.63, 3.8) is 0 Å². The molecule has 1 N–H and O–H groups in total. The third kappa shape index (κ3) is 3.43. The topological polar surface area (TPSA) is 38.3 Å². The third-order valence-electron chi connectivity index (χ3n) is 3.69. The van der Waals surface area contributed by atoms with Gasteiger partial charge in [0.15, 0.2) is 0 Å². The lowest BCUT2D eigenvalue weighted by atomic mass is 10.0. The van der Waals surface area contributed by atoms with Gasteiger partial charge in [-0.05, 0) is 44.0 Å². The summed E-state index contributed by atoms with van der Waals surface area (Å²) in [6, 6.07) is 14.2. The molecule has 0 aliphatic rings. The van der Waals surface area contributed by atoms with Gasteiger partial charge in [-0.1, -0.05) is 35.9 Å². The molecule has 0 amide bonds. The van der Waals surface area contributed by atoms with Crippen LogP contribution in [0.3, 0.4) is 0 Å². The number of carbonyl (C=O) groups excluding carboxylic acids is 1. The molecular formula is C18H21NO2. The molecule has 2 aromatic carbocycles. The van der Waals surface area contributed by atoms with Crippen LogP contribution in [-0.4, -0.2) is 13.1 Å². The summed E-state index contributed by atoms with van der Waals surface area (Å²) in [6.07, 6.45) is 0. The molecule has 0 aliphatic carbocycles.